The highest BCUT2D eigenvalue weighted by Crippen LogP contribution is 2.22. The predicted octanol–water partition coefficient (Wildman–Crippen LogP) is 3.00. The van der Waals surface area contributed by atoms with E-state index in [1.165, 1.54) is 0 Å². The van der Waals surface area contributed by atoms with Crippen LogP contribution >= 0.6 is 0 Å². The molecule has 1 amide bonds. The van der Waals surface area contributed by atoms with Crippen molar-refractivity contribution in [2.24, 2.45) is 0 Å². The Kier molecular flexibility index (Phi) is 4.85. The van der Waals surface area contributed by atoms with Gasteiger partial charge in [0.15, 0.2) is 0 Å². The van der Waals surface area contributed by atoms with Crippen LogP contribution in [0.2, 0.25) is 0 Å². The first-order chi connectivity index (χ1) is 9.72. The van der Waals surface area contributed by atoms with Gasteiger partial charge >= 0.3 is 0 Å². The van der Waals surface area contributed by atoms with Gasteiger partial charge in [-0.05, 0) is 37.2 Å². The minimum Gasteiger partial charge on any atom is -0.322 e. The average molecular weight is 269 g/mol. The van der Waals surface area contributed by atoms with Gasteiger partial charge < -0.3 is 10.6 Å². The summed E-state index contributed by atoms with van der Waals surface area (Å²) in [4.78, 5) is 16.1. The Labute approximate surface area is 119 Å². The number of carbonyl (C=O) groups is 1. The first-order valence-electron chi connectivity index (χ1n) is 6.76. The van der Waals surface area contributed by atoms with Gasteiger partial charge in [0.25, 0.3) is 5.91 Å². The maximum Gasteiger partial charge on any atom is 0.255 e. The highest BCUT2D eigenvalue weighted by molar-refractivity contribution is 6.04. The largest absolute Gasteiger partial charge is 0.322 e. The molecule has 0 bridgehead atoms. The number of amides is 1. The van der Waals surface area contributed by atoms with E-state index in [0.717, 1.165) is 17.8 Å². The van der Waals surface area contributed by atoms with Crippen LogP contribution in [0.5, 0.6) is 0 Å². The second-order valence-electron chi connectivity index (χ2n) is 4.56. The van der Waals surface area contributed by atoms with Gasteiger partial charge in [-0.3, -0.25) is 9.78 Å². The molecule has 2 aromatic rings. The zero-order chi connectivity index (χ0) is 14.4. The van der Waals surface area contributed by atoms with E-state index < -0.39 is 0 Å². The lowest BCUT2D eigenvalue weighted by Gasteiger charge is -2.17. The first-order valence-corrected chi connectivity index (χ1v) is 6.76. The fourth-order valence-corrected chi connectivity index (χ4v) is 2.10. The number of benzene rings is 1. The Morgan fingerprint density at radius 2 is 1.90 bits per heavy atom. The molecule has 1 heterocycles. The number of para-hydroxylation sites is 1. The third-order valence-electron chi connectivity index (χ3n) is 3.13. The van der Waals surface area contributed by atoms with Gasteiger partial charge in [-0.25, -0.2) is 0 Å². The van der Waals surface area contributed by atoms with Crippen LogP contribution in [0, 0.1) is 0 Å². The first kappa shape index (κ1) is 14.2. The molecule has 0 saturated carbocycles. The van der Waals surface area contributed by atoms with Crippen molar-refractivity contribution in [2.75, 3.05) is 11.9 Å². The van der Waals surface area contributed by atoms with E-state index in [1.54, 1.807) is 24.5 Å². The summed E-state index contributed by atoms with van der Waals surface area (Å²) >= 11 is 0. The molecule has 0 aliphatic rings. The molecule has 2 N–H and O–H groups in total. The van der Waals surface area contributed by atoms with Crippen molar-refractivity contribution < 1.29 is 4.79 Å². The summed E-state index contributed by atoms with van der Waals surface area (Å²) in [5.41, 5.74) is 2.52. The van der Waals surface area contributed by atoms with Crippen LogP contribution < -0.4 is 10.6 Å². The molecule has 0 radical (unpaired) electrons. The Balaban J connectivity index is 2.19. The van der Waals surface area contributed by atoms with Gasteiger partial charge in [-0.2, -0.15) is 0 Å². The van der Waals surface area contributed by atoms with Crippen LogP contribution in [0.3, 0.4) is 0 Å². The van der Waals surface area contributed by atoms with Gasteiger partial charge in [0.1, 0.15) is 0 Å². The minimum atomic E-state index is -0.122. The van der Waals surface area contributed by atoms with Crippen molar-refractivity contribution in [3.8, 4) is 0 Å². The summed E-state index contributed by atoms with van der Waals surface area (Å²) in [5.74, 6) is -0.122. The number of rotatable bonds is 5. The zero-order valence-corrected chi connectivity index (χ0v) is 11.8. The van der Waals surface area contributed by atoms with E-state index in [1.807, 2.05) is 24.3 Å². The molecule has 1 atom stereocenters. The van der Waals surface area contributed by atoms with Crippen LogP contribution in [0.4, 0.5) is 5.69 Å². The Bertz CT molecular complexity index is 569. The molecule has 2 rings (SSSR count). The molecule has 1 aromatic heterocycles. The number of carbonyl (C=O) groups excluding carboxylic acids is 1. The van der Waals surface area contributed by atoms with Crippen molar-refractivity contribution in [3.63, 3.8) is 0 Å². The Morgan fingerprint density at radius 1 is 1.20 bits per heavy atom. The normalized spacial score (nSPS) is 11.9. The quantitative estimate of drug-likeness (QED) is 0.877. The fraction of sp³-hybridized carbons (Fsp3) is 0.250. The van der Waals surface area contributed by atoms with Crippen molar-refractivity contribution in [2.45, 2.75) is 19.9 Å². The molecular weight excluding hydrogens is 250 g/mol. The molecule has 1 unspecified atom stereocenters. The zero-order valence-electron chi connectivity index (χ0n) is 11.8. The number of hydrogen-bond acceptors (Lipinski definition) is 3. The molecule has 0 aliphatic carbocycles. The van der Waals surface area contributed by atoms with E-state index in [9.17, 15) is 4.79 Å². The van der Waals surface area contributed by atoms with Gasteiger partial charge in [0.05, 0.1) is 0 Å². The fourth-order valence-electron chi connectivity index (χ4n) is 2.10. The summed E-state index contributed by atoms with van der Waals surface area (Å²) in [6.07, 6.45) is 3.23. The number of anilines is 1. The number of nitrogens with one attached hydrogen (secondary N) is 2. The van der Waals surface area contributed by atoms with Crippen molar-refractivity contribution in [1.82, 2.24) is 10.3 Å². The van der Waals surface area contributed by atoms with Crippen LogP contribution in [0.15, 0.2) is 48.8 Å². The molecule has 0 spiro atoms. The van der Waals surface area contributed by atoms with Crippen LogP contribution in [0.1, 0.15) is 35.8 Å². The Hall–Kier alpha value is -2.20. The standard InChI is InChI=1S/C16H19N3O/c1-3-18-12(2)14-6-4-5-7-15(14)19-16(20)13-8-10-17-11-9-13/h4-12,18H,3H2,1-2H3,(H,19,20). The third kappa shape index (κ3) is 3.42. The lowest BCUT2D eigenvalue weighted by Crippen LogP contribution is -2.20. The van der Waals surface area contributed by atoms with Gasteiger partial charge in [0.2, 0.25) is 0 Å². The van der Waals surface area contributed by atoms with E-state index in [4.69, 9.17) is 0 Å². The van der Waals surface area contributed by atoms with E-state index in [2.05, 4.69) is 29.5 Å². The summed E-state index contributed by atoms with van der Waals surface area (Å²) in [6, 6.07) is 11.4. The van der Waals surface area contributed by atoms with Gasteiger partial charge in [-0.15, -0.1) is 0 Å². The monoisotopic (exact) mass is 269 g/mol. The second kappa shape index (κ2) is 6.82. The molecule has 20 heavy (non-hydrogen) atoms. The average Bonchev–Trinajstić information content (AvgIpc) is 2.49. The van der Waals surface area contributed by atoms with Gasteiger partial charge in [0, 0.05) is 29.7 Å². The van der Waals surface area contributed by atoms with Crippen LogP contribution in [-0.4, -0.2) is 17.4 Å². The van der Waals surface area contributed by atoms with E-state index in [0.29, 0.717) is 5.56 Å². The predicted molar refractivity (Wildman–Crippen MR) is 80.7 cm³/mol. The molecule has 104 valence electrons. The summed E-state index contributed by atoms with van der Waals surface area (Å²) in [7, 11) is 0. The summed E-state index contributed by atoms with van der Waals surface area (Å²) in [5, 5.41) is 6.31. The number of hydrogen-bond donors (Lipinski definition) is 2. The maximum atomic E-state index is 12.2. The third-order valence-corrected chi connectivity index (χ3v) is 3.13. The highest BCUT2D eigenvalue weighted by atomic mass is 16.1. The number of nitrogens with zero attached hydrogens (tertiary/aromatic N) is 1. The summed E-state index contributed by atoms with van der Waals surface area (Å²) in [6.45, 7) is 5.03. The van der Waals surface area contributed by atoms with Crippen molar-refractivity contribution in [3.05, 3.63) is 59.9 Å². The second-order valence-corrected chi connectivity index (χ2v) is 4.56. The lowest BCUT2D eigenvalue weighted by atomic mass is 10.1. The Morgan fingerprint density at radius 3 is 2.60 bits per heavy atom. The smallest absolute Gasteiger partial charge is 0.255 e. The summed E-state index contributed by atoms with van der Waals surface area (Å²) < 4.78 is 0. The molecule has 1 aromatic carbocycles. The van der Waals surface area contributed by atoms with Crippen molar-refractivity contribution >= 4 is 11.6 Å². The lowest BCUT2D eigenvalue weighted by molar-refractivity contribution is 0.102. The van der Waals surface area contributed by atoms with E-state index in [-0.39, 0.29) is 11.9 Å². The van der Waals surface area contributed by atoms with Gasteiger partial charge in [-0.1, -0.05) is 25.1 Å². The molecule has 4 heteroatoms. The molecular formula is C16H19N3O. The topological polar surface area (TPSA) is 54.0 Å². The molecule has 0 fully saturated rings. The number of pyridine rings is 1. The molecule has 0 aliphatic heterocycles. The van der Waals surface area contributed by atoms with Crippen LogP contribution in [0.25, 0.3) is 0 Å². The minimum absolute atomic E-state index is 0.122. The van der Waals surface area contributed by atoms with Crippen LogP contribution in [-0.2, 0) is 0 Å². The highest BCUT2D eigenvalue weighted by Gasteiger charge is 2.12. The molecule has 4 nitrogen and oxygen atoms in total. The number of aromatic nitrogens is 1. The van der Waals surface area contributed by atoms with E-state index >= 15 is 0 Å². The maximum absolute atomic E-state index is 12.2. The van der Waals surface area contributed by atoms with Crippen molar-refractivity contribution in [1.29, 1.82) is 0 Å². The SMILES string of the molecule is CCNC(C)c1ccccc1NC(=O)c1ccncc1. The molecule has 0 saturated heterocycles.